The number of amides is 3. The molecule has 7 nitrogen and oxygen atoms in total. The highest BCUT2D eigenvalue weighted by atomic mass is 35.5. The van der Waals surface area contributed by atoms with E-state index >= 15 is 0 Å². The Morgan fingerprint density at radius 3 is 2.69 bits per heavy atom. The molecular weight excluding hydrogens is 358 g/mol. The molecule has 0 aliphatic carbocycles. The van der Waals surface area contributed by atoms with Crippen LogP contribution in [0.15, 0.2) is 18.2 Å². The van der Waals surface area contributed by atoms with Crippen LogP contribution in [0.1, 0.15) is 56.8 Å². The standard InChI is InChI=1S/C18H23N3O4.ClH/c19-7-1-2-8-20-16(22)12-5-6-14-15(10-12)18(24)21(17(14)23)11-13-4-3-9-25-13;/h5-6,10,13H,1-4,7-9,11,19H2,(H,20,22);1H. The van der Waals surface area contributed by atoms with Crippen LogP contribution in [-0.4, -0.2) is 55.0 Å². The van der Waals surface area contributed by atoms with Crippen LogP contribution in [0, 0.1) is 0 Å². The van der Waals surface area contributed by atoms with Crippen LogP contribution in [0.3, 0.4) is 0 Å². The third-order valence-electron chi connectivity index (χ3n) is 4.56. The highest BCUT2D eigenvalue weighted by Crippen LogP contribution is 2.26. The largest absolute Gasteiger partial charge is 0.376 e. The number of halogens is 1. The number of nitrogens with one attached hydrogen (secondary N) is 1. The Kier molecular flexibility index (Phi) is 7.14. The summed E-state index contributed by atoms with van der Waals surface area (Å²) in [5, 5.41) is 2.80. The van der Waals surface area contributed by atoms with Crippen molar-refractivity contribution in [1.29, 1.82) is 0 Å². The summed E-state index contributed by atoms with van der Waals surface area (Å²) < 4.78 is 5.52. The molecule has 1 fully saturated rings. The summed E-state index contributed by atoms with van der Waals surface area (Å²) in [6.45, 7) is 2.06. The number of imide groups is 1. The van der Waals surface area contributed by atoms with Gasteiger partial charge in [-0.15, -0.1) is 12.4 Å². The predicted molar refractivity (Wildman–Crippen MR) is 98.7 cm³/mol. The Morgan fingerprint density at radius 1 is 1.23 bits per heavy atom. The topological polar surface area (TPSA) is 102 Å². The molecule has 0 spiro atoms. The number of rotatable bonds is 7. The van der Waals surface area contributed by atoms with Crippen molar-refractivity contribution in [3.8, 4) is 0 Å². The van der Waals surface area contributed by atoms with Gasteiger partial charge < -0.3 is 15.8 Å². The molecule has 1 aromatic rings. The zero-order valence-corrected chi connectivity index (χ0v) is 15.3. The zero-order valence-electron chi connectivity index (χ0n) is 14.5. The number of carbonyl (C=O) groups is 3. The number of nitrogens with zero attached hydrogens (tertiary/aromatic N) is 1. The second-order valence-electron chi connectivity index (χ2n) is 6.37. The summed E-state index contributed by atoms with van der Waals surface area (Å²) in [6.07, 6.45) is 3.36. The minimum absolute atomic E-state index is 0. The molecule has 1 atom stereocenters. The summed E-state index contributed by atoms with van der Waals surface area (Å²) in [6, 6.07) is 4.64. The SMILES string of the molecule is Cl.NCCCCNC(=O)c1ccc2c(c1)C(=O)N(CC1CCCO1)C2=O. The minimum Gasteiger partial charge on any atom is -0.376 e. The summed E-state index contributed by atoms with van der Waals surface area (Å²) in [5.74, 6) is -0.920. The molecule has 3 amide bonds. The van der Waals surface area contributed by atoms with Gasteiger partial charge in [0.2, 0.25) is 0 Å². The number of carbonyl (C=O) groups excluding carboxylic acids is 3. The Labute approximate surface area is 158 Å². The van der Waals surface area contributed by atoms with Crippen LogP contribution < -0.4 is 11.1 Å². The lowest BCUT2D eigenvalue weighted by Gasteiger charge is -2.17. The first-order chi connectivity index (χ1) is 12.1. The molecule has 0 saturated carbocycles. The summed E-state index contributed by atoms with van der Waals surface area (Å²) in [7, 11) is 0. The van der Waals surface area contributed by atoms with Crippen LogP contribution in [0.4, 0.5) is 0 Å². The molecule has 2 aliphatic heterocycles. The van der Waals surface area contributed by atoms with Gasteiger partial charge in [0, 0.05) is 18.7 Å². The van der Waals surface area contributed by atoms with E-state index in [9.17, 15) is 14.4 Å². The molecule has 3 N–H and O–H groups in total. The summed E-state index contributed by atoms with van der Waals surface area (Å²) >= 11 is 0. The second-order valence-corrected chi connectivity index (χ2v) is 6.37. The first-order valence-corrected chi connectivity index (χ1v) is 8.72. The van der Waals surface area contributed by atoms with Crippen LogP contribution in [0.5, 0.6) is 0 Å². The molecule has 3 rings (SSSR count). The smallest absolute Gasteiger partial charge is 0.261 e. The van der Waals surface area contributed by atoms with Gasteiger partial charge in [0.05, 0.1) is 23.8 Å². The van der Waals surface area contributed by atoms with Crippen LogP contribution in [0.2, 0.25) is 0 Å². The molecule has 0 bridgehead atoms. The van der Waals surface area contributed by atoms with Gasteiger partial charge in [-0.1, -0.05) is 0 Å². The van der Waals surface area contributed by atoms with Crippen LogP contribution in [0.25, 0.3) is 0 Å². The van der Waals surface area contributed by atoms with E-state index in [1.165, 1.54) is 11.0 Å². The maximum absolute atomic E-state index is 12.6. The van der Waals surface area contributed by atoms with Crippen molar-refractivity contribution >= 4 is 30.1 Å². The molecular formula is C18H24ClN3O4. The van der Waals surface area contributed by atoms with E-state index in [2.05, 4.69) is 5.32 Å². The first kappa shape index (κ1) is 20.4. The number of benzene rings is 1. The molecule has 142 valence electrons. The molecule has 1 unspecified atom stereocenters. The minimum atomic E-state index is -0.353. The van der Waals surface area contributed by atoms with E-state index in [4.69, 9.17) is 10.5 Å². The van der Waals surface area contributed by atoms with Gasteiger partial charge in [-0.3, -0.25) is 19.3 Å². The van der Waals surface area contributed by atoms with Crippen molar-refractivity contribution in [3.05, 3.63) is 34.9 Å². The van der Waals surface area contributed by atoms with Crippen LogP contribution in [-0.2, 0) is 4.74 Å². The van der Waals surface area contributed by atoms with E-state index in [-0.39, 0.29) is 48.3 Å². The number of hydrogen-bond acceptors (Lipinski definition) is 5. The number of unbranched alkanes of at least 4 members (excludes halogenated alkanes) is 1. The highest BCUT2D eigenvalue weighted by Gasteiger charge is 2.37. The lowest BCUT2D eigenvalue weighted by molar-refractivity contribution is 0.0475. The number of fused-ring (bicyclic) bond motifs is 1. The van der Waals surface area contributed by atoms with Crippen molar-refractivity contribution in [2.45, 2.75) is 31.8 Å². The Hall–Kier alpha value is -1.96. The van der Waals surface area contributed by atoms with Crippen LogP contribution >= 0.6 is 12.4 Å². The molecule has 0 radical (unpaired) electrons. The lowest BCUT2D eigenvalue weighted by atomic mass is 10.1. The predicted octanol–water partition coefficient (Wildman–Crippen LogP) is 1.35. The maximum Gasteiger partial charge on any atom is 0.261 e. The molecule has 1 aromatic carbocycles. The second kappa shape index (κ2) is 9.12. The van der Waals surface area contributed by atoms with E-state index in [0.717, 1.165) is 25.7 Å². The number of ether oxygens (including phenoxy) is 1. The average molecular weight is 382 g/mol. The molecule has 2 heterocycles. The molecule has 1 saturated heterocycles. The quantitative estimate of drug-likeness (QED) is 0.548. The number of nitrogens with two attached hydrogens (primary N) is 1. The third-order valence-corrected chi connectivity index (χ3v) is 4.56. The fourth-order valence-electron chi connectivity index (χ4n) is 3.16. The van der Waals surface area contributed by atoms with E-state index in [1.807, 2.05) is 0 Å². The van der Waals surface area contributed by atoms with E-state index in [0.29, 0.717) is 30.8 Å². The van der Waals surface area contributed by atoms with Crippen molar-refractivity contribution in [2.75, 3.05) is 26.2 Å². The van der Waals surface area contributed by atoms with E-state index < -0.39 is 0 Å². The van der Waals surface area contributed by atoms with Gasteiger partial charge in [-0.25, -0.2) is 0 Å². The van der Waals surface area contributed by atoms with Gasteiger partial charge in [0.15, 0.2) is 0 Å². The van der Waals surface area contributed by atoms with Crippen molar-refractivity contribution in [1.82, 2.24) is 10.2 Å². The van der Waals surface area contributed by atoms with Gasteiger partial charge in [-0.05, 0) is 50.4 Å². The summed E-state index contributed by atoms with van der Waals surface area (Å²) in [4.78, 5) is 38.4. The average Bonchev–Trinajstić information content (AvgIpc) is 3.21. The normalized spacial score (nSPS) is 18.7. The molecule has 0 aromatic heterocycles. The fraction of sp³-hybridized carbons (Fsp3) is 0.500. The fourth-order valence-corrected chi connectivity index (χ4v) is 3.16. The van der Waals surface area contributed by atoms with E-state index in [1.54, 1.807) is 12.1 Å². The summed E-state index contributed by atoms with van der Waals surface area (Å²) in [5.41, 5.74) is 6.44. The van der Waals surface area contributed by atoms with Gasteiger partial charge in [0.25, 0.3) is 17.7 Å². The number of hydrogen-bond donors (Lipinski definition) is 2. The van der Waals surface area contributed by atoms with Gasteiger partial charge >= 0.3 is 0 Å². The van der Waals surface area contributed by atoms with Crippen molar-refractivity contribution in [2.24, 2.45) is 5.73 Å². The Morgan fingerprint density at radius 2 is 2.00 bits per heavy atom. The Balaban J connectivity index is 0.00000243. The molecule has 2 aliphatic rings. The Bertz CT molecular complexity index is 689. The van der Waals surface area contributed by atoms with Gasteiger partial charge in [0.1, 0.15) is 0 Å². The molecule has 26 heavy (non-hydrogen) atoms. The lowest BCUT2D eigenvalue weighted by Crippen LogP contribution is -2.36. The van der Waals surface area contributed by atoms with Gasteiger partial charge in [-0.2, -0.15) is 0 Å². The zero-order chi connectivity index (χ0) is 17.8. The van der Waals surface area contributed by atoms with Crippen molar-refractivity contribution < 1.29 is 19.1 Å². The maximum atomic E-state index is 12.6. The van der Waals surface area contributed by atoms with Crippen molar-refractivity contribution in [3.63, 3.8) is 0 Å². The molecule has 8 heteroatoms. The highest BCUT2D eigenvalue weighted by molar-refractivity contribution is 6.22. The first-order valence-electron chi connectivity index (χ1n) is 8.72. The third kappa shape index (κ3) is 4.23. The monoisotopic (exact) mass is 381 g/mol.